The van der Waals surface area contributed by atoms with Gasteiger partial charge in [0.1, 0.15) is 0 Å². The number of carbonyl (C=O) groups is 1. The summed E-state index contributed by atoms with van der Waals surface area (Å²) < 4.78 is 0. The summed E-state index contributed by atoms with van der Waals surface area (Å²) in [6.07, 6.45) is 7.59. The van der Waals surface area contributed by atoms with Gasteiger partial charge < -0.3 is 11.1 Å². The van der Waals surface area contributed by atoms with E-state index in [1.165, 1.54) is 24.8 Å². The van der Waals surface area contributed by atoms with E-state index in [9.17, 15) is 4.79 Å². The summed E-state index contributed by atoms with van der Waals surface area (Å²) in [5.41, 5.74) is 6.96. The van der Waals surface area contributed by atoms with Crippen molar-refractivity contribution >= 4 is 5.91 Å². The van der Waals surface area contributed by atoms with E-state index in [0.717, 1.165) is 13.0 Å². The Bertz CT molecular complexity index is 236. The van der Waals surface area contributed by atoms with E-state index < -0.39 is 0 Å². The van der Waals surface area contributed by atoms with Gasteiger partial charge in [0.25, 0.3) is 0 Å². The monoisotopic (exact) mass is 210 g/mol. The second-order valence-corrected chi connectivity index (χ2v) is 4.40. The van der Waals surface area contributed by atoms with Crippen molar-refractivity contribution in [3.05, 3.63) is 11.6 Å². The first-order valence-electron chi connectivity index (χ1n) is 5.87. The molecule has 0 bridgehead atoms. The molecule has 0 radical (unpaired) electrons. The first-order chi connectivity index (χ1) is 7.22. The Hall–Kier alpha value is -0.830. The summed E-state index contributed by atoms with van der Waals surface area (Å²) >= 11 is 0. The maximum Gasteiger partial charge on any atom is 0.220 e. The topological polar surface area (TPSA) is 55.1 Å². The van der Waals surface area contributed by atoms with Crippen molar-refractivity contribution in [3.8, 4) is 0 Å². The largest absolute Gasteiger partial charge is 0.356 e. The summed E-state index contributed by atoms with van der Waals surface area (Å²) in [5.74, 6) is 0.419. The highest BCUT2D eigenvalue weighted by Gasteiger charge is 2.08. The number of rotatable bonds is 6. The van der Waals surface area contributed by atoms with E-state index in [1.807, 2.05) is 6.92 Å². The average Bonchev–Trinajstić information content (AvgIpc) is 2.70. The number of nitrogens with two attached hydrogens (primary N) is 1. The fraction of sp³-hybridized carbons (Fsp3) is 0.750. The zero-order valence-electron chi connectivity index (χ0n) is 9.59. The number of hydrogen-bond acceptors (Lipinski definition) is 2. The van der Waals surface area contributed by atoms with E-state index in [1.54, 1.807) is 0 Å². The van der Waals surface area contributed by atoms with Gasteiger partial charge in [-0.25, -0.2) is 0 Å². The van der Waals surface area contributed by atoms with Gasteiger partial charge in [-0.3, -0.25) is 4.79 Å². The zero-order chi connectivity index (χ0) is 11.1. The molecular weight excluding hydrogens is 188 g/mol. The van der Waals surface area contributed by atoms with Crippen molar-refractivity contribution in [2.75, 3.05) is 13.1 Å². The highest BCUT2D eigenvalue weighted by molar-refractivity contribution is 5.76. The van der Waals surface area contributed by atoms with Crippen LogP contribution in [-0.4, -0.2) is 19.0 Å². The van der Waals surface area contributed by atoms with Crippen molar-refractivity contribution in [3.63, 3.8) is 0 Å². The van der Waals surface area contributed by atoms with Gasteiger partial charge in [-0.1, -0.05) is 18.6 Å². The van der Waals surface area contributed by atoms with Crippen LogP contribution in [0.2, 0.25) is 0 Å². The lowest BCUT2D eigenvalue weighted by Crippen LogP contribution is -2.28. The number of nitrogens with one attached hydrogen (secondary N) is 1. The van der Waals surface area contributed by atoms with Crippen LogP contribution in [0.5, 0.6) is 0 Å². The SMILES string of the molecule is CC(CN)CC(=O)NCCC1=CCCC1. The molecule has 1 rings (SSSR count). The summed E-state index contributed by atoms with van der Waals surface area (Å²) in [6, 6.07) is 0. The predicted octanol–water partition coefficient (Wildman–Crippen LogP) is 1.59. The molecule has 15 heavy (non-hydrogen) atoms. The van der Waals surface area contributed by atoms with E-state index in [4.69, 9.17) is 5.73 Å². The van der Waals surface area contributed by atoms with Gasteiger partial charge in [-0.05, 0) is 38.1 Å². The first-order valence-corrected chi connectivity index (χ1v) is 5.87. The minimum atomic E-state index is 0.131. The lowest BCUT2D eigenvalue weighted by molar-refractivity contribution is -0.121. The molecule has 0 aromatic heterocycles. The quantitative estimate of drug-likeness (QED) is 0.654. The molecule has 0 saturated heterocycles. The molecule has 0 aromatic carbocycles. The Labute approximate surface area is 92.1 Å². The van der Waals surface area contributed by atoms with E-state index >= 15 is 0 Å². The molecule has 1 amide bonds. The lowest BCUT2D eigenvalue weighted by Gasteiger charge is -2.09. The molecule has 1 unspecified atom stereocenters. The predicted molar refractivity (Wildman–Crippen MR) is 62.4 cm³/mol. The minimum Gasteiger partial charge on any atom is -0.356 e. The van der Waals surface area contributed by atoms with Crippen LogP contribution in [0.4, 0.5) is 0 Å². The van der Waals surface area contributed by atoms with Crippen LogP contribution in [-0.2, 0) is 4.79 Å². The number of carbonyl (C=O) groups excluding carboxylic acids is 1. The van der Waals surface area contributed by atoms with Gasteiger partial charge in [-0.15, -0.1) is 0 Å². The van der Waals surface area contributed by atoms with Crippen LogP contribution in [0.3, 0.4) is 0 Å². The molecule has 86 valence electrons. The smallest absolute Gasteiger partial charge is 0.220 e. The van der Waals surface area contributed by atoms with Crippen LogP contribution >= 0.6 is 0 Å². The maximum atomic E-state index is 11.4. The third-order valence-corrected chi connectivity index (χ3v) is 2.84. The molecule has 1 aliphatic carbocycles. The fourth-order valence-electron chi connectivity index (χ4n) is 1.80. The fourth-order valence-corrected chi connectivity index (χ4v) is 1.80. The van der Waals surface area contributed by atoms with Gasteiger partial charge in [0, 0.05) is 13.0 Å². The normalized spacial score (nSPS) is 17.3. The van der Waals surface area contributed by atoms with E-state index in [2.05, 4.69) is 11.4 Å². The van der Waals surface area contributed by atoms with Crippen LogP contribution in [0.25, 0.3) is 0 Å². The highest BCUT2D eigenvalue weighted by atomic mass is 16.1. The molecule has 0 saturated carbocycles. The van der Waals surface area contributed by atoms with Gasteiger partial charge in [0.15, 0.2) is 0 Å². The van der Waals surface area contributed by atoms with E-state index in [0.29, 0.717) is 13.0 Å². The minimum absolute atomic E-state index is 0.131. The van der Waals surface area contributed by atoms with Crippen molar-refractivity contribution in [2.24, 2.45) is 11.7 Å². The van der Waals surface area contributed by atoms with Gasteiger partial charge in [0.05, 0.1) is 0 Å². The Morgan fingerprint density at radius 2 is 2.47 bits per heavy atom. The molecular formula is C12H22N2O. The molecule has 0 fully saturated rings. The molecule has 1 aliphatic rings. The Morgan fingerprint density at radius 3 is 3.07 bits per heavy atom. The van der Waals surface area contributed by atoms with Crippen molar-refractivity contribution < 1.29 is 4.79 Å². The molecule has 3 N–H and O–H groups in total. The Kier molecular flexibility index (Phi) is 5.40. The Morgan fingerprint density at radius 1 is 1.67 bits per heavy atom. The van der Waals surface area contributed by atoms with Crippen molar-refractivity contribution in [2.45, 2.75) is 39.0 Å². The summed E-state index contributed by atoms with van der Waals surface area (Å²) in [4.78, 5) is 11.4. The average molecular weight is 210 g/mol. The molecule has 0 aliphatic heterocycles. The number of hydrogen-bond donors (Lipinski definition) is 2. The number of allylic oxidation sites excluding steroid dienone is 1. The van der Waals surface area contributed by atoms with Gasteiger partial charge in [0.2, 0.25) is 5.91 Å². The summed E-state index contributed by atoms with van der Waals surface area (Å²) in [7, 11) is 0. The van der Waals surface area contributed by atoms with Crippen LogP contribution in [0.1, 0.15) is 39.0 Å². The third-order valence-electron chi connectivity index (χ3n) is 2.84. The van der Waals surface area contributed by atoms with E-state index in [-0.39, 0.29) is 11.8 Å². The third kappa shape index (κ3) is 4.98. The summed E-state index contributed by atoms with van der Waals surface area (Å²) in [6.45, 7) is 3.36. The van der Waals surface area contributed by atoms with Crippen LogP contribution in [0.15, 0.2) is 11.6 Å². The highest BCUT2D eigenvalue weighted by Crippen LogP contribution is 2.19. The second-order valence-electron chi connectivity index (χ2n) is 4.40. The molecule has 0 spiro atoms. The van der Waals surface area contributed by atoms with Crippen molar-refractivity contribution in [1.82, 2.24) is 5.32 Å². The molecule has 0 aromatic rings. The van der Waals surface area contributed by atoms with Crippen LogP contribution < -0.4 is 11.1 Å². The molecule has 1 atom stereocenters. The molecule has 0 heterocycles. The van der Waals surface area contributed by atoms with Gasteiger partial charge >= 0.3 is 0 Å². The lowest BCUT2D eigenvalue weighted by atomic mass is 10.1. The maximum absolute atomic E-state index is 11.4. The molecule has 3 heteroatoms. The van der Waals surface area contributed by atoms with Crippen LogP contribution in [0, 0.1) is 5.92 Å². The first kappa shape index (κ1) is 12.2. The summed E-state index contributed by atoms with van der Waals surface area (Å²) in [5, 5.41) is 2.94. The van der Waals surface area contributed by atoms with Gasteiger partial charge in [-0.2, -0.15) is 0 Å². The zero-order valence-corrected chi connectivity index (χ0v) is 9.59. The molecule has 3 nitrogen and oxygen atoms in total. The Balaban J connectivity index is 2.06. The second kappa shape index (κ2) is 6.62. The number of amides is 1. The standard InChI is InChI=1S/C12H22N2O/c1-10(9-13)8-12(15)14-7-6-11-4-2-3-5-11/h4,10H,2-3,5-9,13H2,1H3,(H,14,15). The van der Waals surface area contributed by atoms with Crippen molar-refractivity contribution in [1.29, 1.82) is 0 Å².